The van der Waals surface area contributed by atoms with Crippen LogP contribution >= 0.6 is 23.4 Å². The van der Waals surface area contributed by atoms with Crippen molar-refractivity contribution in [2.45, 2.75) is 18.3 Å². The highest BCUT2D eigenvalue weighted by atomic mass is 35.5. The molecule has 2 aliphatic rings. The summed E-state index contributed by atoms with van der Waals surface area (Å²) in [6, 6.07) is 20.9. The van der Waals surface area contributed by atoms with Gasteiger partial charge in [0.25, 0.3) is 5.91 Å². The van der Waals surface area contributed by atoms with Crippen LogP contribution in [-0.4, -0.2) is 24.7 Å². The zero-order chi connectivity index (χ0) is 22.5. The molecular formula is C25H21ClN2O3S. The van der Waals surface area contributed by atoms with Gasteiger partial charge in [-0.05, 0) is 48.4 Å². The molecular weight excluding hydrogens is 444 g/mol. The number of amides is 2. The number of aryl methyl sites for hydroxylation is 1. The average molecular weight is 465 g/mol. The van der Waals surface area contributed by atoms with Gasteiger partial charge >= 0.3 is 0 Å². The van der Waals surface area contributed by atoms with Crippen LogP contribution in [0.4, 0.5) is 11.4 Å². The first-order valence-electron chi connectivity index (χ1n) is 10.2. The van der Waals surface area contributed by atoms with Crippen molar-refractivity contribution in [2.75, 3.05) is 22.7 Å². The standard InChI is InChI=1S/C25H21ClN2O3S/c1-16-10-11-18(13-21(16)26)28-23(29)15-32-25(28)20-8-3-4-9-22(20)27(24(25)30)14-17-6-5-7-19(12-17)31-2/h3-13H,14-15H2,1-2H3. The first kappa shape index (κ1) is 20.9. The number of hydrogen-bond donors (Lipinski definition) is 0. The van der Waals surface area contributed by atoms with Crippen LogP contribution in [0, 0.1) is 6.92 Å². The Labute approximate surface area is 195 Å². The van der Waals surface area contributed by atoms with E-state index in [0.29, 0.717) is 17.3 Å². The maximum absolute atomic E-state index is 14.1. The number of methoxy groups -OCH3 is 1. The van der Waals surface area contributed by atoms with Crippen molar-refractivity contribution >= 4 is 46.6 Å². The van der Waals surface area contributed by atoms with Gasteiger partial charge in [0.15, 0.2) is 0 Å². The number of carbonyl (C=O) groups excluding carboxylic acids is 2. The summed E-state index contributed by atoms with van der Waals surface area (Å²) in [6.07, 6.45) is 0. The van der Waals surface area contributed by atoms with Gasteiger partial charge in [-0.3, -0.25) is 14.5 Å². The summed E-state index contributed by atoms with van der Waals surface area (Å²) in [6.45, 7) is 2.29. The van der Waals surface area contributed by atoms with E-state index in [9.17, 15) is 9.59 Å². The highest BCUT2D eigenvalue weighted by Gasteiger charge is 2.60. The predicted molar refractivity (Wildman–Crippen MR) is 128 cm³/mol. The first-order valence-corrected chi connectivity index (χ1v) is 11.6. The number of carbonyl (C=O) groups is 2. The van der Waals surface area contributed by atoms with E-state index in [1.54, 1.807) is 23.0 Å². The highest BCUT2D eigenvalue weighted by molar-refractivity contribution is 8.02. The number of thioether (sulfide) groups is 1. The van der Waals surface area contributed by atoms with Crippen LogP contribution in [0.5, 0.6) is 5.75 Å². The van der Waals surface area contributed by atoms with E-state index in [1.165, 1.54) is 11.8 Å². The summed E-state index contributed by atoms with van der Waals surface area (Å²) in [4.78, 5) is 29.4. The molecule has 3 aromatic carbocycles. The van der Waals surface area contributed by atoms with Crippen molar-refractivity contribution in [1.29, 1.82) is 0 Å². The molecule has 3 aromatic rings. The maximum Gasteiger partial charge on any atom is 0.269 e. The van der Waals surface area contributed by atoms with Crippen LogP contribution in [-0.2, 0) is 21.0 Å². The molecule has 32 heavy (non-hydrogen) atoms. The smallest absolute Gasteiger partial charge is 0.269 e. The van der Waals surface area contributed by atoms with E-state index in [2.05, 4.69) is 0 Å². The zero-order valence-electron chi connectivity index (χ0n) is 17.7. The van der Waals surface area contributed by atoms with E-state index < -0.39 is 4.87 Å². The summed E-state index contributed by atoms with van der Waals surface area (Å²) in [5.74, 6) is 0.715. The van der Waals surface area contributed by atoms with Crippen molar-refractivity contribution in [3.63, 3.8) is 0 Å². The largest absolute Gasteiger partial charge is 0.497 e. The van der Waals surface area contributed by atoms with Crippen LogP contribution in [0.3, 0.4) is 0 Å². The summed E-state index contributed by atoms with van der Waals surface area (Å²) < 4.78 is 5.35. The van der Waals surface area contributed by atoms with Gasteiger partial charge in [-0.15, -0.1) is 11.8 Å². The molecule has 0 radical (unpaired) electrons. The molecule has 0 N–H and O–H groups in total. The third-order valence-electron chi connectivity index (χ3n) is 5.95. The Hall–Kier alpha value is -2.96. The minimum absolute atomic E-state index is 0.110. The second-order valence-electron chi connectivity index (χ2n) is 7.86. The van der Waals surface area contributed by atoms with Crippen molar-refractivity contribution < 1.29 is 14.3 Å². The van der Waals surface area contributed by atoms with E-state index in [1.807, 2.05) is 67.6 Å². The molecule has 1 fully saturated rings. The van der Waals surface area contributed by atoms with Gasteiger partial charge in [0.2, 0.25) is 10.8 Å². The van der Waals surface area contributed by atoms with Crippen LogP contribution in [0.1, 0.15) is 16.7 Å². The summed E-state index contributed by atoms with van der Waals surface area (Å²) in [7, 11) is 1.62. The Morgan fingerprint density at radius 2 is 1.88 bits per heavy atom. The molecule has 1 atom stereocenters. The third-order valence-corrected chi connectivity index (χ3v) is 7.75. The van der Waals surface area contributed by atoms with Crippen molar-refractivity contribution in [3.8, 4) is 5.75 Å². The molecule has 0 saturated carbocycles. The van der Waals surface area contributed by atoms with Crippen LogP contribution in [0.2, 0.25) is 5.02 Å². The lowest BCUT2D eigenvalue weighted by molar-refractivity contribution is -0.123. The molecule has 2 amide bonds. The normalized spacial score (nSPS) is 19.7. The van der Waals surface area contributed by atoms with Gasteiger partial charge in [-0.1, -0.05) is 48.0 Å². The number of fused-ring (bicyclic) bond motifs is 2. The lowest BCUT2D eigenvalue weighted by Crippen LogP contribution is -2.49. The number of para-hydroxylation sites is 1. The van der Waals surface area contributed by atoms with Crippen LogP contribution in [0.25, 0.3) is 0 Å². The first-order chi connectivity index (χ1) is 15.5. The summed E-state index contributed by atoms with van der Waals surface area (Å²) >= 11 is 7.75. The lowest BCUT2D eigenvalue weighted by atomic mass is 10.0. The Kier molecular flexibility index (Phi) is 5.14. The quantitative estimate of drug-likeness (QED) is 0.536. The molecule has 0 aliphatic carbocycles. The van der Waals surface area contributed by atoms with E-state index in [4.69, 9.17) is 16.3 Å². The minimum atomic E-state index is -1.15. The number of nitrogens with zero attached hydrogens (tertiary/aromatic N) is 2. The van der Waals surface area contributed by atoms with Gasteiger partial charge in [-0.2, -0.15) is 0 Å². The lowest BCUT2D eigenvalue weighted by Gasteiger charge is -2.33. The minimum Gasteiger partial charge on any atom is -0.497 e. The number of halogens is 1. The average Bonchev–Trinajstić information content (AvgIpc) is 3.27. The number of hydrogen-bond acceptors (Lipinski definition) is 4. The summed E-state index contributed by atoms with van der Waals surface area (Å²) in [5, 5.41) is 0.564. The number of benzene rings is 3. The number of rotatable bonds is 4. The van der Waals surface area contributed by atoms with Crippen LogP contribution < -0.4 is 14.5 Å². The van der Waals surface area contributed by atoms with E-state index >= 15 is 0 Å². The van der Waals surface area contributed by atoms with Gasteiger partial charge in [0.1, 0.15) is 5.75 Å². The molecule has 2 heterocycles. The monoisotopic (exact) mass is 464 g/mol. The molecule has 0 bridgehead atoms. The fourth-order valence-corrected chi connectivity index (χ4v) is 5.92. The van der Waals surface area contributed by atoms with Crippen molar-refractivity contribution in [2.24, 2.45) is 0 Å². The molecule has 5 nitrogen and oxygen atoms in total. The molecule has 7 heteroatoms. The summed E-state index contributed by atoms with van der Waals surface area (Å²) in [5.41, 5.74) is 4.12. The van der Waals surface area contributed by atoms with Crippen LogP contribution in [0.15, 0.2) is 66.7 Å². The van der Waals surface area contributed by atoms with Gasteiger partial charge < -0.3 is 9.64 Å². The predicted octanol–water partition coefficient (Wildman–Crippen LogP) is 5.14. The molecule has 1 saturated heterocycles. The second-order valence-corrected chi connectivity index (χ2v) is 9.43. The molecule has 0 aromatic heterocycles. The molecule has 1 unspecified atom stereocenters. The number of anilines is 2. The second kappa shape index (κ2) is 7.87. The Balaban J connectivity index is 1.63. The maximum atomic E-state index is 14.1. The van der Waals surface area contributed by atoms with Gasteiger partial charge in [-0.25, -0.2) is 0 Å². The SMILES string of the molecule is COc1cccc(CN2C(=O)C3(SCC(=O)N3c3ccc(C)c(Cl)c3)c3ccccc32)c1. The Morgan fingerprint density at radius 3 is 2.66 bits per heavy atom. The Morgan fingerprint density at radius 1 is 1.06 bits per heavy atom. The van der Waals surface area contributed by atoms with Gasteiger partial charge in [0.05, 0.1) is 25.1 Å². The molecule has 2 aliphatic heterocycles. The highest BCUT2D eigenvalue weighted by Crippen LogP contribution is 2.56. The fourth-order valence-electron chi connectivity index (χ4n) is 4.39. The molecule has 1 spiro atoms. The van der Waals surface area contributed by atoms with E-state index in [0.717, 1.165) is 28.1 Å². The zero-order valence-corrected chi connectivity index (χ0v) is 19.2. The molecule has 5 rings (SSSR count). The van der Waals surface area contributed by atoms with E-state index in [-0.39, 0.29) is 17.6 Å². The number of ether oxygens (including phenoxy) is 1. The van der Waals surface area contributed by atoms with Crippen molar-refractivity contribution in [1.82, 2.24) is 0 Å². The third kappa shape index (κ3) is 3.09. The van der Waals surface area contributed by atoms with Crippen molar-refractivity contribution in [3.05, 3.63) is 88.4 Å². The topological polar surface area (TPSA) is 49.9 Å². The van der Waals surface area contributed by atoms with Gasteiger partial charge in [0, 0.05) is 16.3 Å². The fraction of sp³-hybridized carbons (Fsp3) is 0.200. The Bertz CT molecular complexity index is 1250. The molecule has 162 valence electrons.